The van der Waals surface area contributed by atoms with Gasteiger partial charge in [0.05, 0.1) is 17.9 Å². The summed E-state index contributed by atoms with van der Waals surface area (Å²) >= 11 is 0. The number of benzene rings is 2. The molecule has 3 aromatic rings. The first-order chi connectivity index (χ1) is 17.5. The van der Waals surface area contributed by atoms with Crippen LogP contribution in [0, 0.1) is 11.6 Å². The molecule has 0 bridgehead atoms. The molecule has 8 nitrogen and oxygen atoms in total. The zero-order valence-electron chi connectivity index (χ0n) is 20.7. The van der Waals surface area contributed by atoms with Crippen molar-refractivity contribution >= 4 is 11.5 Å². The minimum atomic E-state index is -0.901. The summed E-state index contributed by atoms with van der Waals surface area (Å²) in [7, 11) is 0. The van der Waals surface area contributed by atoms with E-state index in [4.69, 9.17) is 4.74 Å². The highest BCUT2D eigenvalue weighted by atomic mass is 19.1. The van der Waals surface area contributed by atoms with E-state index in [2.05, 4.69) is 38.2 Å². The van der Waals surface area contributed by atoms with Crippen LogP contribution in [0.25, 0.3) is 0 Å². The molecule has 10 heteroatoms. The van der Waals surface area contributed by atoms with Gasteiger partial charge in [-0.05, 0) is 42.8 Å². The van der Waals surface area contributed by atoms with Crippen LogP contribution in [0.15, 0.2) is 42.5 Å². The maximum Gasteiger partial charge on any atom is 0.191 e. The maximum atomic E-state index is 14.0. The summed E-state index contributed by atoms with van der Waals surface area (Å²) in [4.78, 5) is 18.5. The van der Waals surface area contributed by atoms with Gasteiger partial charge in [0.25, 0.3) is 0 Å². The smallest absolute Gasteiger partial charge is 0.191 e. The Balaban J connectivity index is 1.28. The van der Waals surface area contributed by atoms with Gasteiger partial charge in [-0.3, -0.25) is 9.69 Å². The second-order valence-electron chi connectivity index (χ2n) is 8.94. The molecule has 1 aliphatic rings. The lowest BCUT2D eigenvalue weighted by Gasteiger charge is -2.36. The van der Waals surface area contributed by atoms with Crippen LogP contribution in [-0.4, -0.2) is 70.2 Å². The Labute approximate surface area is 209 Å². The van der Waals surface area contributed by atoms with Crippen molar-refractivity contribution in [2.24, 2.45) is 0 Å². The molecule has 1 unspecified atom stereocenters. The van der Waals surface area contributed by atoms with Gasteiger partial charge in [0, 0.05) is 45.2 Å². The van der Waals surface area contributed by atoms with Gasteiger partial charge in [0.15, 0.2) is 11.6 Å². The number of tetrazole rings is 1. The Bertz CT molecular complexity index is 1160. The van der Waals surface area contributed by atoms with Crippen molar-refractivity contribution in [1.82, 2.24) is 25.1 Å². The molecular formula is C26H32F2N6O2. The highest BCUT2D eigenvalue weighted by Gasteiger charge is 2.24. The normalized spacial score (nSPS) is 15.2. The molecule has 0 radical (unpaired) electrons. The number of nitrogens with zero attached hydrogens (tertiary/aromatic N) is 6. The van der Waals surface area contributed by atoms with Crippen molar-refractivity contribution < 1.29 is 18.3 Å². The summed E-state index contributed by atoms with van der Waals surface area (Å²) in [5.41, 5.74) is 0.937. The van der Waals surface area contributed by atoms with Gasteiger partial charge in [-0.2, -0.15) is 4.80 Å². The predicted molar refractivity (Wildman–Crippen MR) is 132 cm³/mol. The highest BCUT2D eigenvalue weighted by Crippen LogP contribution is 2.29. The Morgan fingerprint density at radius 1 is 1.11 bits per heavy atom. The summed E-state index contributed by atoms with van der Waals surface area (Å²) in [5.74, 6) is -0.716. The number of halogens is 2. The molecule has 1 atom stereocenters. The number of Topliss-reactive ketones (excluding diaryl/α,β-unsaturated/α-hetero) is 1. The first kappa shape index (κ1) is 25.7. The minimum Gasteiger partial charge on any atom is -0.491 e. The van der Waals surface area contributed by atoms with Crippen molar-refractivity contribution in [2.45, 2.75) is 39.2 Å². The van der Waals surface area contributed by atoms with Gasteiger partial charge in [0.1, 0.15) is 23.4 Å². The summed E-state index contributed by atoms with van der Waals surface area (Å²) < 4.78 is 33.1. The summed E-state index contributed by atoms with van der Waals surface area (Å²) in [5, 5.41) is 12.4. The van der Waals surface area contributed by atoms with Gasteiger partial charge < -0.3 is 9.64 Å². The Kier molecular flexibility index (Phi) is 8.58. The number of piperazine rings is 1. The molecule has 4 rings (SSSR count). The third kappa shape index (κ3) is 6.23. The fourth-order valence-corrected chi connectivity index (χ4v) is 4.18. The van der Waals surface area contributed by atoms with Crippen LogP contribution >= 0.6 is 0 Å². The van der Waals surface area contributed by atoms with E-state index in [-0.39, 0.29) is 5.56 Å². The number of para-hydroxylation sites is 2. The second-order valence-corrected chi connectivity index (χ2v) is 8.94. The molecule has 2 aromatic carbocycles. The SMILES string of the molecule is CCCCOc1ccccc1N1CCN(CCc2nnn(C(C)C(=O)c3ccc(F)cc3F)n2)CC1. The molecule has 192 valence electrons. The lowest BCUT2D eigenvalue weighted by molar-refractivity contribution is 0.0913. The van der Waals surface area contributed by atoms with Crippen LogP contribution < -0.4 is 9.64 Å². The van der Waals surface area contributed by atoms with Gasteiger partial charge >= 0.3 is 0 Å². The van der Waals surface area contributed by atoms with Crippen molar-refractivity contribution in [2.75, 3.05) is 44.2 Å². The largest absolute Gasteiger partial charge is 0.491 e. The van der Waals surface area contributed by atoms with Crippen LogP contribution in [0.1, 0.15) is 48.9 Å². The number of aromatic nitrogens is 4. The van der Waals surface area contributed by atoms with Gasteiger partial charge in [-0.25, -0.2) is 8.78 Å². The van der Waals surface area contributed by atoms with Gasteiger partial charge in [-0.1, -0.05) is 25.5 Å². The number of anilines is 1. The second kappa shape index (κ2) is 12.0. The quantitative estimate of drug-likeness (QED) is 0.293. The zero-order valence-corrected chi connectivity index (χ0v) is 20.7. The number of rotatable bonds is 11. The zero-order chi connectivity index (χ0) is 25.5. The monoisotopic (exact) mass is 498 g/mol. The average Bonchev–Trinajstić information content (AvgIpc) is 3.37. The van der Waals surface area contributed by atoms with E-state index in [1.165, 1.54) is 4.80 Å². The Hall–Kier alpha value is -3.40. The summed E-state index contributed by atoms with van der Waals surface area (Å²) in [6, 6.07) is 10.2. The van der Waals surface area contributed by atoms with Crippen LogP contribution in [0.4, 0.5) is 14.5 Å². The van der Waals surface area contributed by atoms with E-state index < -0.39 is 23.5 Å². The number of carbonyl (C=O) groups is 1. The molecule has 1 aliphatic heterocycles. The van der Waals surface area contributed by atoms with E-state index in [1.54, 1.807) is 6.92 Å². The summed E-state index contributed by atoms with van der Waals surface area (Å²) in [6.45, 7) is 8.80. The van der Waals surface area contributed by atoms with E-state index in [0.717, 1.165) is 75.7 Å². The fraction of sp³-hybridized carbons (Fsp3) is 0.462. The number of unbranched alkanes of at least 4 members (excludes halogenated alkanes) is 1. The lowest BCUT2D eigenvalue weighted by Crippen LogP contribution is -2.47. The minimum absolute atomic E-state index is 0.196. The first-order valence-corrected chi connectivity index (χ1v) is 12.4. The molecule has 36 heavy (non-hydrogen) atoms. The van der Waals surface area contributed by atoms with Crippen LogP contribution in [0.5, 0.6) is 5.75 Å². The molecule has 0 aliphatic carbocycles. The highest BCUT2D eigenvalue weighted by molar-refractivity contribution is 5.98. The third-order valence-electron chi connectivity index (χ3n) is 6.38. The molecule has 0 N–H and O–H groups in total. The van der Waals surface area contributed by atoms with Crippen molar-refractivity contribution in [1.29, 1.82) is 0 Å². The number of hydrogen-bond acceptors (Lipinski definition) is 7. The van der Waals surface area contributed by atoms with E-state index in [9.17, 15) is 13.6 Å². The predicted octanol–water partition coefficient (Wildman–Crippen LogP) is 3.94. The molecular weight excluding hydrogens is 466 g/mol. The fourth-order valence-electron chi connectivity index (χ4n) is 4.18. The number of ether oxygens (including phenoxy) is 1. The van der Waals surface area contributed by atoms with Crippen LogP contribution in [0.3, 0.4) is 0 Å². The van der Waals surface area contributed by atoms with E-state index in [0.29, 0.717) is 18.3 Å². The Morgan fingerprint density at radius 3 is 2.64 bits per heavy atom. The van der Waals surface area contributed by atoms with Crippen LogP contribution in [-0.2, 0) is 6.42 Å². The van der Waals surface area contributed by atoms with Crippen molar-refractivity contribution in [3.05, 3.63) is 65.5 Å². The van der Waals surface area contributed by atoms with Gasteiger partial charge in [0.2, 0.25) is 0 Å². The molecule has 0 saturated carbocycles. The number of carbonyl (C=O) groups excluding carboxylic acids is 1. The Morgan fingerprint density at radius 2 is 1.89 bits per heavy atom. The van der Waals surface area contributed by atoms with E-state index >= 15 is 0 Å². The molecule has 1 saturated heterocycles. The molecule has 0 spiro atoms. The van der Waals surface area contributed by atoms with Crippen LogP contribution in [0.2, 0.25) is 0 Å². The first-order valence-electron chi connectivity index (χ1n) is 12.4. The molecule has 2 heterocycles. The molecule has 1 fully saturated rings. The number of ketones is 1. The molecule has 1 aromatic heterocycles. The lowest BCUT2D eigenvalue weighted by atomic mass is 10.1. The van der Waals surface area contributed by atoms with Crippen molar-refractivity contribution in [3.8, 4) is 5.75 Å². The average molecular weight is 499 g/mol. The van der Waals surface area contributed by atoms with Gasteiger partial charge in [-0.15, -0.1) is 10.2 Å². The van der Waals surface area contributed by atoms with Crippen molar-refractivity contribution in [3.63, 3.8) is 0 Å². The summed E-state index contributed by atoms with van der Waals surface area (Å²) in [6.07, 6.45) is 2.73. The van der Waals surface area contributed by atoms with E-state index in [1.807, 2.05) is 18.2 Å². The topological polar surface area (TPSA) is 76.4 Å². The standard InChI is InChI=1S/C26H32F2N6O2/c1-3-4-17-36-24-8-6-5-7-23(24)33-15-13-32(14-16-33)12-11-25-29-31-34(30-25)19(2)26(35)21-10-9-20(27)18-22(21)28/h5-10,18-19H,3-4,11-17H2,1-2H3. The maximum absolute atomic E-state index is 14.0. The number of hydrogen-bond donors (Lipinski definition) is 0. The molecule has 0 amide bonds. The third-order valence-corrected chi connectivity index (χ3v) is 6.38.